The van der Waals surface area contributed by atoms with Crippen LogP contribution in [0.15, 0.2) is 18.2 Å². The molecule has 0 radical (unpaired) electrons. The highest BCUT2D eigenvalue weighted by atomic mass is 19.1. The van der Waals surface area contributed by atoms with Crippen LogP contribution in [0.1, 0.15) is 5.56 Å². The van der Waals surface area contributed by atoms with Gasteiger partial charge in [0.15, 0.2) is 6.10 Å². The second-order valence-electron chi connectivity index (χ2n) is 4.21. The van der Waals surface area contributed by atoms with Crippen LogP contribution in [0.2, 0.25) is 0 Å². The summed E-state index contributed by atoms with van der Waals surface area (Å²) < 4.78 is 31.1. The molecular formula is C12H13F2NO3. The molecule has 2 rings (SSSR count). The molecule has 1 unspecified atom stereocenters. The Labute approximate surface area is 103 Å². The van der Waals surface area contributed by atoms with Crippen LogP contribution in [-0.4, -0.2) is 41.8 Å². The molecule has 1 fully saturated rings. The Kier molecular flexibility index (Phi) is 3.88. The SMILES string of the molecule is O=C(O)C1CN(Cc2cc(F)cc(F)c2)CCO1. The van der Waals surface area contributed by atoms with E-state index >= 15 is 0 Å². The summed E-state index contributed by atoms with van der Waals surface area (Å²) in [6.07, 6.45) is -0.878. The summed E-state index contributed by atoms with van der Waals surface area (Å²) >= 11 is 0. The van der Waals surface area contributed by atoms with Gasteiger partial charge in [0.25, 0.3) is 0 Å². The lowest BCUT2D eigenvalue weighted by Crippen LogP contribution is -2.45. The number of rotatable bonds is 3. The molecule has 1 aromatic carbocycles. The molecule has 1 atom stereocenters. The number of ether oxygens (including phenoxy) is 1. The molecule has 0 spiro atoms. The van der Waals surface area contributed by atoms with Crippen LogP contribution in [0.3, 0.4) is 0 Å². The topological polar surface area (TPSA) is 49.8 Å². The van der Waals surface area contributed by atoms with Gasteiger partial charge in [0.05, 0.1) is 6.61 Å². The standard InChI is InChI=1S/C12H13F2NO3/c13-9-3-8(4-10(14)5-9)6-15-1-2-18-11(7-15)12(16)17/h3-5,11H,1-2,6-7H2,(H,16,17). The molecule has 1 saturated heterocycles. The van der Waals surface area contributed by atoms with Crippen molar-refractivity contribution in [2.24, 2.45) is 0 Å². The number of benzene rings is 1. The minimum absolute atomic E-state index is 0.216. The quantitative estimate of drug-likeness (QED) is 0.885. The van der Waals surface area contributed by atoms with Crippen molar-refractivity contribution in [2.45, 2.75) is 12.6 Å². The van der Waals surface area contributed by atoms with Gasteiger partial charge in [0, 0.05) is 25.7 Å². The number of carboxylic acids is 1. The average molecular weight is 257 g/mol. The van der Waals surface area contributed by atoms with Crippen molar-refractivity contribution in [3.8, 4) is 0 Å². The number of nitrogens with zero attached hydrogens (tertiary/aromatic N) is 1. The van der Waals surface area contributed by atoms with Crippen molar-refractivity contribution in [3.05, 3.63) is 35.4 Å². The van der Waals surface area contributed by atoms with Gasteiger partial charge in [-0.05, 0) is 17.7 Å². The van der Waals surface area contributed by atoms with E-state index in [1.54, 1.807) is 4.90 Å². The zero-order valence-electron chi connectivity index (χ0n) is 9.60. The largest absolute Gasteiger partial charge is 0.479 e. The van der Waals surface area contributed by atoms with Gasteiger partial charge < -0.3 is 9.84 Å². The zero-order valence-corrected chi connectivity index (χ0v) is 9.60. The van der Waals surface area contributed by atoms with Gasteiger partial charge in [0.2, 0.25) is 0 Å². The molecule has 1 N–H and O–H groups in total. The predicted molar refractivity (Wildman–Crippen MR) is 59.0 cm³/mol. The summed E-state index contributed by atoms with van der Waals surface area (Å²) in [7, 11) is 0. The molecule has 0 aliphatic carbocycles. The highest BCUT2D eigenvalue weighted by Crippen LogP contribution is 2.13. The van der Waals surface area contributed by atoms with Crippen molar-refractivity contribution in [1.29, 1.82) is 0 Å². The zero-order chi connectivity index (χ0) is 13.1. The van der Waals surface area contributed by atoms with E-state index in [1.165, 1.54) is 12.1 Å². The first kappa shape index (κ1) is 12.9. The number of carboxylic acid groups (broad SMARTS) is 1. The molecule has 18 heavy (non-hydrogen) atoms. The summed E-state index contributed by atoms with van der Waals surface area (Å²) in [5, 5.41) is 8.84. The summed E-state index contributed by atoms with van der Waals surface area (Å²) in [6.45, 7) is 1.37. The molecule has 0 amide bonds. The molecule has 0 bridgehead atoms. The van der Waals surface area contributed by atoms with E-state index in [4.69, 9.17) is 9.84 Å². The Morgan fingerprint density at radius 1 is 1.39 bits per heavy atom. The van der Waals surface area contributed by atoms with Gasteiger partial charge in [-0.15, -0.1) is 0 Å². The minimum atomic E-state index is -1.02. The first-order valence-corrected chi connectivity index (χ1v) is 5.56. The number of morpholine rings is 1. The highest BCUT2D eigenvalue weighted by molar-refractivity contribution is 5.72. The lowest BCUT2D eigenvalue weighted by atomic mass is 10.1. The minimum Gasteiger partial charge on any atom is -0.479 e. The fourth-order valence-corrected chi connectivity index (χ4v) is 1.96. The van der Waals surface area contributed by atoms with E-state index < -0.39 is 23.7 Å². The third kappa shape index (κ3) is 3.24. The van der Waals surface area contributed by atoms with Crippen molar-refractivity contribution >= 4 is 5.97 Å². The van der Waals surface area contributed by atoms with Crippen molar-refractivity contribution in [3.63, 3.8) is 0 Å². The number of hydrogen-bond acceptors (Lipinski definition) is 3. The van der Waals surface area contributed by atoms with Gasteiger partial charge in [-0.3, -0.25) is 4.90 Å². The fraction of sp³-hybridized carbons (Fsp3) is 0.417. The fourth-order valence-electron chi connectivity index (χ4n) is 1.96. The van der Waals surface area contributed by atoms with Gasteiger partial charge >= 0.3 is 5.97 Å². The van der Waals surface area contributed by atoms with Crippen LogP contribution in [-0.2, 0) is 16.1 Å². The second-order valence-corrected chi connectivity index (χ2v) is 4.21. The molecule has 1 aliphatic rings. The van der Waals surface area contributed by atoms with E-state index in [2.05, 4.69) is 0 Å². The van der Waals surface area contributed by atoms with Gasteiger partial charge in [0.1, 0.15) is 11.6 Å². The number of carbonyl (C=O) groups is 1. The number of hydrogen-bond donors (Lipinski definition) is 1. The lowest BCUT2D eigenvalue weighted by molar-refractivity contribution is -0.156. The van der Waals surface area contributed by atoms with E-state index in [1.807, 2.05) is 0 Å². The maximum atomic E-state index is 13.0. The first-order valence-electron chi connectivity index (χ1n) is 5.56. The number of aliphatic carboxylic acids is 1. The first-order chi connectivity index (χ1) is 8.54. The molecular weight excluding hydrogens is 244 g/mol. The predicted octanol–water partition coefficient (Wildman–Crippen LogP) is 1.25. The van der Waals surface area contributed by atoms with Gasteiger partial charge in [-0.2, -0.15) is 0 Å². The summed E-state index contributed by atoms with van der Waals surface area (Å²) in [5.74, 6) is -2.29. The monoisotopic (exact) mass is 257 g/mol. The smallest absolute Gasteiger partial charge is 0.334 e. The summed E-state index contributed by atoms with van der Waals surface area (Å²) in [6, 6.07) is 3.30. The van der Waals surface area contributed by atoms with Crippen LogP contribution in [0, 0.1) is 11.6 Å². The van der Waals surface area contributed by atoms with Crippen molar-refractivity contribution in [2.75, 3.05) is 19.7 Å². The average Bonchev–Trinajstić information content (AvgIpc) is 2.27. The molecule has 1 aromatic rings. The van der Waals surface area contributed by atoms with E-state index in [-0.39, 0.29) is 6.54 Å². The Balaban J connectivity index is 2.02. The third-order valence-corrected chi connectivity index (χ3v) is 2.75. The van der Waals surface area contributed by atoms with Crippen LogP contribution in [0.4, 0.5) is 8.78 Å². The number of halogens is 2. The lowest BCUT2D eigenvalue weighted by Gasteiger charge is -2.30. The van der Waals surface area contributed by atoms with Gasteiger partial charge in [-0.25, -0.2) is 13.6 Å². The Morgan fingerprint density at radius 2 is 2.06 bits per heavy atom. The Morgan fingerprint density at radius 3 is 2.67 bits per heavy atom. The second kappa shape index (κ2) is 5.41. The summed E-state index contributed by atoms with van der Waals surface area (Å²) in [5.41, 5.74) is 0.485. The van der Waals surface area contributed by atoms with Gasteiger partial charge in [-0.1, -0.05) is 0 Å². The normalized spacial score (nSPS) is 20.9. The molecule has 4 nitrogen and oxygen atoms in total. The third-order valence-electron chi connectivity index (χ3n) is 2.75. The molecule has 6 heteroatoms. The maximum absolute atomic E-state index is 13.0. The molecule has 0 aromatic heterocycles. The highest BCUT2D eigenvalue weighted by Gasteiger charge is 2.26. The summed E-state index contributed by atoms with van der Waals surface area (Å²) in [4.78, 5) is 12.6. The van der Waals surface area contributed by atoms with Crippen LogP contribution in [0.25, 0.3) is 0 Å². The van der Waals surface area contributed by atoms with E-state index in [9.17, 15) is 13.6 Å². The Bertz CT molecular complexity index is 433. The van der Waals surface area contributed by atoms with Crippen molar-refractivity contribution < 1.29 is 23.4 Å². The van der Waals surface area contributed by atoms with Crippen LogP contribution < -0.4 is 0 Å². The van der Waals surface area contributed by atoms with Crippen molar-refractivity contribution in [1.82, 2.24) is 4.90 Å². The van der Waals surface area contributed by atoms with E-state index in [0.717, 1.165) is 6.07 Å². The molecule has 0 saturated carbocycles. The molecule has 1 heterocycles. The Hall–Kier alpha value is -1.53. The van der Waals surface area contributed by atoms with Crippen LogP contribution >= 0.6 is 0 Å². The van der Waals surface area contributed by atoms with Crippen LogP contribution in [0.5, 0.6) is 0 Å². The molecule has 98 valence electrons. The maximum Gasteiger partial charge on any atom is 0.334 e. The van der Waals surface area contributed by atoms with E-state index in [0.29, 0.717) is 25.3 Å². The molecule has 1 aliphatic heterocycles.